The highest BCUT2D eigenvalue weighted by atomic mass is 16.3. The van der Waals surface area contributed by atoms with E-state index in [9.17, 15) is 0 Å². The van der Waals surface area contributed by atoms with Crippen molar-refractivity contribution in [2.75, 3.05) is 0 Å². The molecule has 682 valence electrons. The van der Waals surface area contributed by atoms with Crippen molar-refractivity contribution in [1.29, 1.82) is 0 Å². The van der Waals surface area contributed by atoms with Gasteiger partial charge in [-0.25, -0.2) is 0 Å². The molecule has 32 aromatic rings. The van der Waals surface area contributed by atoms with Crippen LogP contribution in [0, 0.1) is 0 Å². The lowest BCUT2D eigenvalue weighted by Crippen LogP contribution is -1.95. The van der Waals surface area contributed by atoms with Gasteiger partial charge in [0.05, 0.1) is 0 Å². The lowest BCUT2D eigenvalue weighted by atomic mass is 9.81. The van der Waals surface area contributed by atoms with E-state index < -0.39 is 0 Å². The summed E-state index contributed by atoms with van der Waals surface area (Å²) in [5, 5.41) is 36.2. The largest absolute Gasteiger partial charge is 0.455 e. The van der Waals surface area contributed by atoms with Gasteiger partial charge >= 0.3 is 0 Å². The summed E-state index contributed by atoms with van der Waals surface area (Å²) in [6, 6.07) is 185. The van der Waals surface area contributed by atoms with Crippen LogP contribution in [-0.4, -0.2) is 0 Å². The van der Waals surface area contributed by atoms with Crippen molar-refractivity contribution in [3.05, 3.63) is 497 Å². The molecule has 4 heteroatoms. The minimum atomic E-state index is 0.827. The summed E-state index contributed by atoms with van der Waals surface area (Å²) in [6.45, 7) is 0. The van der Waals surface area contributed by atoms with Gasteiger partial charge in [-0.2, -0.15) is 0 Å². The zero-order chi connectivity index (χ0) is 96.6. The first-order valence-electron chi connectivity index (χ1n) is 51.0. The molecule has 0 aliphatic heterocycles. The van der Waals surface area contributed by atoms with Crippen LogP contribution >= 0.6 is 0 Å². The Morgan fingerprint density at radius 3 is 0.730 bits per heavy atom. The number of benzene rings is 28. The molecule has 0 atom stereocenters. The predicted molar refractivity (Wildman–Crippen MR) is 625 cm³/mol. The van der Waals surface area contributed by atoms with E-state index in [0.717, 1.165) is 280 Å². The monoisotopic (exact) mass is 1870 g/mol. The maximum atomic E-state index is 7.51. The molecule has 0 unspecified atom stereocenters. The fourth-order valence-electron chi connectivity index (χ4n) is 25.7. The van der Waals surface area contributed by atoms with Gasteiger partial charge in [-0.15, -0.1) is 0 Å². The van der Waals surface area contributed by atoms with Crippen LogP contribution < -0.4 is 0 Å². The average Bonchev–Trinajstić information content (AvgIpc) is 1.14. The highest BCUT2D eigenvalue weighted by Gasteiger charge is 2.31. The Morgan fingerprint density at radius 2 is 0.351 bits per heavy atom. The lowest BCUT2D eigenvalue weighted by molar-refractivity contribution is 0.670. The number of rotatable bonds is 11. The van der Waals surface area contributed by atoms with Gasteiger partial charge in [-0.1, -0.05) is 431 Å². The Bertz CT molecular complexity index is 11100. The quantitative estimate of drug-likeness (QED) is 0.121. The van der Waals surface area contributed by atoms with Gasteiger partial charge in [0, 0.05) is 65.3 Å². The second kappa shape index (κ2) is 32.0. The smallest absolute Gasteiger partial charge is 0.143 e. The van der Waals surface area contributed by atoms with Gasteiger partial charge in [0.15, 0.2) is 0 Å². The molecule has 4 nitrogen and oxygen atoms in total. The van der Waals surface area contributed by atoms with E-state index in [1.165, 1.54) is 59.8 Å². The Balaban J connectivity index is 0.595. The molecule has 4 aromatic heterocycles. The van der Waals surface area contributed by atoms with E-state index in [1.807, 2.05) is 0 Å². The summed E-state index contributed by atoms with van der Waals surface area (Å²) >= 11 is 0. The maximum Gasteiger partial charge on any atom is 0.143 e. The molecule has 0 aliphatic carbocycles. The van der Waals surface area contributed by atoms with Crippen molar-refractivity contribution in [2.24, 2.45) is 0 Å². The normalized spacial score (nSPS) is 12.2. The van der Waals surface area contributed by atoms with Crippen LogP contribution in [0.5, 0.6) is 0 Å². The van der Waals surface area contributed by atoms with Crippen molar-refractivity contribution < 1.29 is 17.7 Å². The summed E-state index contributed by atoms with van der Waals surface area (Å²) < 4.78 is 29.1. The molecule has 0 saturated carbocycles. The molecule has 0 amide bonds. The first kappa shape index (κ1) is 82.1. The number of hydrogen-bond donors (Lipinski definition) is 0. The lowest BCUT2D eigenvalue weighted by Gasteiger charge is -2.22. The van der Waals surface area contributed by atoms with E-state index in [1.54, 1.807) is 0 Å². The minimum absolute atomic E-state index is 0.827. The van der Waals surface area contributed by atoms with E-state index in [0.29, 0.717) is 0 Å². The topological polar surface area (TPSA) is 52.6 Å². The van der Waals surface area contributed by atoms with E-state index in [-0.39, 0.29) is 0 Å². The standard InChI is InChI=1S/C144H82O4/c1-4-30-84(31-5-1)93-44-20-52-104-119(93)79-120-94(85-32-6-2-7-33-85)45-21-53-105(120)135(104)138-110-58-26-50-102(127-77-91-38-12-15-41-99(91)139-114-42-16-18-64-129(114)145-143(127)139)125(110)82-126-103(51-27-59-111(126)138)128-78-92-71-70-90(76-118(92)140-115-43-17-19-65-130(115)146-144(128)140)83-66-68-89(69-67-83)96-47-23-55-107-122(96)80-121-95(86-34-8-3-9-35-86)46-22-54-106(121)136(107)137-108-56-24-48-100(112-60-28-62-116-133-97-39-13-10-36-87(97)72-74-131(133)147-141(112)116)123(108)81-124-101(49-25-57-109(124)137)113-61-29-63-117-134-98-40-14-11-37-88(98)73-75-132(134)148-142(113)117/h1-82H. The van der Waals surface area contributed by atoms with Crippen molar-refractivity contribution in [3.63, 3.8) is 0 Å². The molecule has 0 N–H and O–H groups in total. The highest BCUT2D eigenvalue weighted by molar-refractivity contribution is 6.35. The van der Waals surface area contributed by atoms with E-state index in [4.69, 9.17) is 17.7 Å². The minimum Gasteiger partial charge on any atom is -0.455 e. The molecule has 0 radical (unpaired) electrons. The van der Waals surface area contributed by atoms with Crippen molar-refractivity contribution in [2.45, 2.75) is 0 Å². The molecule has 148 heavy (non-hydrogen) atoms. The van der Waals surface area contributed by atoms with E-state index in [2.05, 4.69) is 497 Å². The molecule has 0 fully saturated rings. The van der Waals surface area contributed by atoms with Gasteiger partial charge in [0.25, 0.3) is 0 Å². The number of furan rings is 4. The van der Waals surface area contributed by atoms with E-state index >= 15 is 0 Å². The summed E-state index contributed by atoms with van der Waals surface area (Å²) in [5.41, 5.74) is 31.3. The van der Waals surface area contributed by atoms with Gasteiger partial charge in [-0.05, 0) is 296 Å². The molecule has 0 aliphatic rings. The number of para-hydroxylation sites is 4. The zero-order valence-electron chi connectivity index (χ0n) is 80.0. The van der Waals surface area contributed by atoms with Crippen LogP contribution in [0.1, 0.15) is 0 Å². The fourth-order valence-corrected chi connectivity index (χ4v) is 25.7. The van der Waals surface area contributed by atoms with Gasteiger partial charge in [-0.3, -0.25) is 0 Å². The first-order valence-corrected chi connectivity index (χ1v) is 51.0. The van der Waals surface area contributed by atoms with Gasteiger partial charge in [0.2, 0.25) is 0 Å². The van der Waals surface area contributed by atoms with Crippen LogP contribution in [0.25, 0.3) is 339 Å². The van der Waals surface area contributed by atoms with Crippen molar-refractivity contribution in [1.82, 2.24) is 0 Å². The second-order valence-electron chi connectivity index (χ2n) is 39.9. The molecule has 0 saturated heterocycles. The Labute approximate surface area is 848 Å². The molecular weight excluding hydrogens is 1790 g/mol. The maximum absolute atomic E-state index is 7.51. The third-order valence-corrected chi connectivity index (χ3v) is 32.2. The average molecular weight is 1880 g/mol. The van der Waals surface area contributed by atoms with Crippen molar-refractivity contribution >= 4 is 217 Å². The Kier molecular flexibility index (Phi) is 17.7. The van der Waals surface area contributed by atoms with Crippen LogP contribution in [-0.2, 0) is 0 Å². The summed E-state index contributed by atoms with van der Waals surface area (Å²) in [7, 11) is 0. The third kappa shape index (κ3) is 12.2. The van der Waals surface area contributed by atoms with Crippen LogP contribution in [0.3, 0.4) is 0 Å². The van der Waals surface area contributed by atoms with Gasteiger partial charge < -0.3 is 17.7 Å². The Hall–Kier alpha value is -19.5. The molecule has 28 aromatic carbocycles. The summed E-state index contributed by atoms with van der Waals surface area (Å²) in [5.74, 6) is 0. The Morgan fingerprint density at radius 1 is 0.101 bits per heavy atom. The second-order valence-corrected chi connectivity index (χ2v) is 39.9. The zero-order valence-corrected chi connectivity index (χ0v) is 80.0. The number of fused-ring (bicyclic) bond motifs is 28. The van der Waals surface area contributed by atoms with Gasteiger partial charge in [0.1, 0.15) is 44.7 Å². The molecule has 32 rings (SSSR count). The molecule has 0 bridgehead atoms. The third-order valence-electron chi connectivity index (χ3n) is 32.2. The van der Waals surface area contributed by atoms with Crippen LogP contribution in [0.4, 0.5) is 0 Å². The molecule has 4 heterocycles. The van der Waals surface area contributed by atoms with Crippen LogP contribution in [0.15, 0.2) is 515 Å². The predicted octanol–water partition coefficient (Wildman–Crippen LogP) is 41.5. The first-order chi connectivity index (χ1) is 73.4. The fraction of sp³-hybridized carbons (Fsp3) is 0. The summed E-state index contributed by atoms with van der Waals surface area (Å²) in [4.78, 5) is 0. The van der Waals surface area contributed by atoms with Crippen molar-refractivity contribution in [3.8, 4) is 122 Å². The molecule has 0 spiro atoms. The molecular formula is C144H82O4. The van der Waals surface area contributed by atoms with Crippen LogP contribution in [0.2, 0.25) is 0 Å². The number of hydrogen-bond acceptors (Lipinski definition) is 4. The summed E-state index contributed by atoms with van der Waals surface area (Å²) in [6.07, 6.45) is 0. The SMILES string of the molecule is c1ccc(-c2cccc3c(-c4c5cccc(-c6cccc7c6oc6ccc8ccccc8c67)c5cc5c(-c6cccc7c6oc6ccc8ccccc8c67)cccc45)c4cccc(-c5ccc(-c6ccc7cc(-c8cccc9c(-c%10c%11cccc(-c%12ccccc%12)c%11cc%11c(-c%12ccccc%12)cccc%10%11)c%10cccc(-c%11cc%12ccccc%12c%12c%11oc%11ccccc%11%12)c%10cc89)c8oc9ccccc9c8c7c6)cc5)c4cc23)cc1. The highest BCUT2D eigenvalue weighted by Crippen LogP contribution is 2.57.